The fourth-order valence-corrected chi connectivity index (χ4v) is 2.25. The molecule has 0 aliphatic carbocycles. The number of nitrogens with two attached hydrogens (primary N) is 1. The van der Waals surface area contributed by atoms with Gasteiger partial charge in [0.1, 0.15) is 0 Å². The van der Waals surface area contributed by atoms with E-state index >= 15 is 0 Å². The number of aliphatic hydroxyl groups excluding tert-OH is 1. The summed E-state index contributed by atoms with van der Waals surface area (Å²) in [6, 6.07) is -0.0549. The van der Waals surface area contributed by atoms with Gasteiger partial charge in [0.25, 0.3) is 0 Å². The molecule has 0 aromatic heterocycles. The summed E-state index contributed by atoms with van der Waals surface area (Å²) in [4.78, 5) is 0. The molecule has 0 amide bonds. The van der Waals surface area contributed by atoms with Crippen molar-refractivity contribution in [1.82, 2.24) is 0 Å². The average Bonchev–Trinajstić information content (AvgIpc) is 2.31. The van der Waals surface area contributed by atoms with Crippen LogP contribution in [0.25, 0.3) is 0 Å². The van der Waals surface area contributed by atoms with Gasteiger partial charge in [-0.1, -0.05) is 59.3 Å². The summed E-state index contributed by atoms with van der Waals surface area (Å²) in [5.41, 5.74) is 6.19. The largest absolute Gasteiger partial charge is 0.395 e. The topological polar surface area (TPSA) is 46.2 Å². The van der Waals surface area contributed by atoms with E-state index in [0.29, 0.717) is 0 Å². The zero-order chi connectivity index (χ0) is 12.4. The van der Waals surface area contributed by atoms with Crippen LogP contribution in [-0.2, 0) is 0 Å². The maximum absolute atomic E-state index is 9.25. The van der Waals surface area contributed by atoms with Crippen LogP contribution >= 0.6 is 0 Å². The van der Waals surface area contributed by atoms with Gasteiger partial charge in [-0.05, 0) is 18.3 Å². The molecule has 0 heterocycles. The summed E-state index contributed by atoms with van der Waals surface area (Å²) >= 11 is 0. The summed E-state index contributed by atoms with van der Waals surface area (Å²) < 4.78 is 0. The Hall–Kier alpha value is -0.0800. The second-order valence-corrected chi connectivity index (χ2v) is 5.36. The van der Waals surface area contributed by atoms with E-state index in [1.54, 1.807) is 0 Å². The van der Waals surface area contributed by atoms with Gasteiger partial charge in [0.2, 0.25) is 0 Å². The van der Waals surface area contributed by atoms with Crippen LogP contribution in [0.1, 0.15) is 72.1 Å². The van der Waals surface area contributed by atoms with E-state index in [9.17, 15) is 5.11 Å². The van der Waals surface area contributed by atoms with Crippen LogP contribution in [0.4, 0.5) is 0 Å². The summed E-state index contributed by atoms with van der Waals surface area (Å²) in [6.45, 7) is 6.81. The van der Waals surface area contributed by atoms with Crippen molar-refractivity contribution < 1.29 is 5.11 Å². The number of unbranched alkanes of at least 4 members (excludes halogenated alkanes) is 4. The summed E-state index contributed by atoms with van der Waals surface area (Å²) in [5, 5.41) is 9.25. The van der Waals surface area contributed by atoms with Gasteiger partial charge in [-0.15, -0.1) is 0 Å². The van der Waals surface area contributed by atoms with Crippen molar-refractivity contribution in [3.63, 3.8) is 0 Å². The molecule has 16 heavy (non-hydrogen) atoms. The molecule has 0 radical (unpaired) electrons. The molecule has 2 atom stereocenters. The van der Waals surface area contributed by atoms with Gasteiger partial charge in [0.05, 0.1) is 6.61 Å². The van der Waals surface area contributed by atoms with Crippen molar-refractivity contribution in [2.45, 2.75) is 78.2 Å². The van der Waals surface area contributed by atoms with Gasteiger partial charge in [0, 0.05) is 6.04 Å². The Bertz CT molecular complexity index is 161. The highest BCUT2D eigenvalue weighted by Gasteiger charge is 2.29. The molecule has 2 nitrogen and oxygen atoms in total. The minimum atomic E-state index is -0.0549. The van der Waals surface area contributed by atoms with E-state index in [1.165, 1.54) is 38.5 Å². The Morgan fingerprint density at radius 1 is 1.00 bits per heavy atom. The van der Waals surface area contributed by atoms with Gasteiger partial charge >= 0.3 is 0 Å². The highest BCUT2D eigenvalue weighted by molar-refractivity contribution is 4.84. The molecule has 0 rings (SSSR count). The SMILES string of the molecule is CCCCCCC(C)(CCCC)[C@H](N)CO. The van der Waals surface area contributed by atoms with Gasteiger partial charge in [0.15, 0.2) is 0 Å². The molecule has 0 saturated heterocycles. The Kier molecular flexibility index (Phi) is 8.96. The van der Waals surface area contributed by atoms with Crippen molar-refractivity contribution in [2.75, 3.05) is 6.61 Å². The van der Waals surface area contributed by atoms with Crippen molar-refractivity contribution in [2.24, 2.45) is 11.1 Å². The lowest BCUT2D eigenvalue weighted by Crippen LogP contribution is -2.42. The first kappa shape index (κ1) is 15.9. The highest BCUT2D eigenvalue weighted by Crippen LogP contribution is 2.33. The van der Waals surface area contributed by atoms with Crippen LogP contribution in [0.3, 0.4) is 0 Å². The van der Waals surface area contributed by atoms with Gasteiger partial charge in [-0.3, -0.25) is 0 Å². The number of hydrogen-bond acceptors (Lipinski definition) is 2. The summed E-state index contributed by atoms with van der Waals surface area (Å²) in [7, 11) is 0. The van der Waals surface area contributed by atoms with E-state index in [-0.39, 0.29) is 18.1 Å². The van der Waals surface area contributed by atoms with E-state index in [1.807, 2.05) is 0 Å². The van der Waals surface area contributed by atoms with Gasteiger partial charge in [-0.25, -0.2) is 0 Å². The fraction of sp³-hybridized carbons (Fsp3) is 1.00. The zero-order valence-corrected chi connectivity index (χ0v) is 11.5. The van der Waals surface area contributed by atoms with Crippen LogP contribution in [0, 0.1) is 5.41 Å². The third-order valence-electron chi connectivity index (χ3n) is 3.79. The first-order valence-corrected chi connectivity index (χ1v) is 6.97. The molecular weight excluding hydrogens is 198 g/mol. The van der Waals surface area contributed by atoms with E-state index in [0.717, 1.165) is 12.8 Å². The predicted molar refractivity (Wildman–Crippen MR) is 71.5 cm³/mol. The lowest BCUT2D eigenvalue weighted by molar-refractivity contribution is 0.134. The molecule has 0 aliphatic rings. The number of hydrogen-bond donors (Lipinski definition) is 2. The number of aliphatic hydroxyl groups is 1. The van der Waals surface area contributed by atoms with Gasteiger partial charge < -0.3 is 10.8 Å². The quantitative estimate of drug-likeness (QED) is 0.563. The zero-order valence-electron chi connectivity index (χ0n) is 11.5. The van der Waals surface area contributed by atoms with Crippen molar-refractivity contribution in [3.8, 4) is 0 Å². The maximum atomic E-state index is 9.25. The van der Waals surface area contributed by atoms with Crippen LogP contribution < -0.4 is 5.73 Å². The third-order valence-corrected chi connectivity index (χ3v) is 3.79. The first-order chi connectivity index (χ1) is 7.60. The smallest absolute Gasteiger partial charge is 0.0587 e. The third kappa shape index (κ3) is 5.86. The maximum Gasteiger partial charge on any atom is 0.0587 e. The molecule has 0 bridgehead atoms. The van der Waals surface area contributed by atoms with Crippen LogP contribution in [0.15, 0.2) is 0 Å². The first-order valence-electron chi connectivity index (χ1n) is 6.97. The number of rotatable bonds is 10. The normalized spacial score (nSPS) is 17.1. The Labute approximate surface area is 102 Å². The summed E-state index contributed by atoms with van der Waals surface area (Å²) in [5.74, 6) is 0. The second kappa shape index (κ2) is 9.00. The average molecular weight is 229 g/mol. The van der Waals surface area contributed by atoms with Gasteiger partial charge in [-0.2, -0.15) is 0 Å². The van der Waals surface area contributed by atoms with Crippen LogP contribution in [0.5, 0.6) is 0 Å². The van der Waals surface area contributed by atoms with E-state index in [2.05, 4.69) is 20.8 Å². The van der Waals surface area contributed by atoms with Crippen LogP contribution in [-0.4, -0.2) is 17.8 Å². The fourth-order valence-electron chi connectivity index (χ4n) is 2.25. The molecule has 0 aromatic rings. The molecule has 98 valence electrons. The van der Waals surface area contributed by atoms with Crippen LogP contribution in [0.2, 0.25) is 0 Å². The monoisotopic (exact) mass is 229 g/mol. The molecule has 2 heteroatoms. The summed E-state index contributed by atoms with van der Waals surface area (Å²) in [6.07, 6.45) is 9.89. The highest BCUT2D eigenvalue weighted by atomic mass is 16.3. The van der Waals surface area contributed by atoms with Crippen molar-refractivity contribution in [3.05, 3.63) is 0 Å². The standard InChI is InChI=1S/C14H31NO/c1-4-6-8-9-11-14(3,10-7-5-2)13(15)12-16/h13,16H,4-12,15H2,1-3H3/t13-,14?/m1/s1. The minimum Gasteiger partial charge on any atom is -0.395 e. The minimum absolute atomic E-state index is 0.0549. The Morgan fingerprint density at radius 3 is 2.06 bits per heavy atom. The van der Waals surface area contributed by atoms with E-state index in [4.69, 9.17) is 5.73 Å². The molecule has 3 N–H and O–H groups in total. The van der Waals surface area contributed by atoms with Crippen molar-refractivity contribution >= 4 is 0 Å². The molecule has 0 aliphatic heterocycles. The molecular formula is C14H31NO. The van der Waals surface area contributed by atoms with Crippen molar-refractivity contribution in [1.29, 1.82) is 0 Å². The molecule has 0 saturated carbocycles. The molecule has 0 aromatic carbocycles. The second-order valence-electron chi connectivity index (χ2n) is 5.36. The Balaban J connectivity index is 4.07. The lowest BCUT2D eigenvalue weighted by atomic mass is 9.74. The Morgan fingerprint density at radius 2 is 1.56 bits per heavy atom. The molecule has 1 unspecified atom stereocenters. The lowest BCUT2D eigenvalue weighted by Gasteiger charge is -2.35. The molecule has 0 spiro atoms. The predicted octanol–water partition coefficient (Wildman–Crippen LogP) is 3.47. The van der Waals surface area contributed by atoms with E-state index < -0.39 is 0 Å². The molecule has 0 fully saturated rings.